The number of nitrogens with one attached hydrogen (secondary N) is 1. The molecule has 16 heavy (non-hydrogen) atoms. The summed E-state index contributed by atoms with van der Waals surface area (Å²) < 4.78 is 0. The highest BCUT2D eigenvalue weighted by molar-refractivity contribution is 4.91. The van der Waals surface area contributed by atoms with Gasteiger partial charge >= 0.3 is 0 Å². The molecule has 0 bridgehead atoms. The summed E-state index contributed by atoms with van der Waals surface area (Å²) >= 11 is 0. The first-order valence-electron chi connectivity index (χ1n) is 6.26. The van der Waals surface area contributed by atoms with Gasteiger partial charge in [0.25, 0.3) is 0 Å². The normalized spacial score (nSPS) is 18.6. The molecule has 0 spiro atoms. The molecule has 0 aliphatic heterocycles. The monoisotopic (exact) mass is 231 g/mol. The lowest BCUT2D eigenvalue weighted by Gasteiger charge is -2.41. The Balaban J connectivity index is 4.32. The Kier molecular flexibility index (Phi) is 5.94. The van der Waals surface area contributed by atoms with E-state index in [1.54, 1.807) is 0 Å². The minimum atomic E-state index is -0.801. The smallest absolute Gasteiger partial charge is 0.0718 e. The van der Waals surface area contributed by atoms with Crippen molar-refractivity contribution in [1.29, 1.82) is 0 Å². The first-order chi connectivity index (χ1) is 7.12. The average molecular weight is 231 g/mol. The largest absolute Gasteiger partial charge is 0.392 e. The molecule has 0 amide bonds. The van der Waals surface area contributed by atoms with Gasteiger partial charge in [-0.25, -0.2) is 0 Å². The van der Waals surface area contributed by atoms with Crippen LogP contribution in [0.15, 0.2) is 0 Å². The molecule has 0 aromatic carbocycles. The maximum atomic E-state index is 10.5. The van der Waals surface area contributed by atoms with E-state index in [1.807, 2.05) is 41.5 Å². The van der Waals surface area contributed by atoms with Crippen molar-refractivity contribution < 1.29 is 10.2 Å². The summed E-state index contributed by atoms with van der Waals surface area (Å²) in [6.07, 6.45) is 0.591. The lowest BCUT2D eigenvalue weighted by atomic mass is 9.72. The van der Waals surface area contributed by atoms with Crippen LogP contribution < -0.4 is 5.32 Å². The van der Waals surface area contributed by atoms with Crippen molar-refractivity contribution in [3.63, 3.8) is 0 Å². The van der Waals surface area contributed by atoms with Gasteiger partial charge in [-0.2, -0.15) is 0 Å². The molecule has 98 valence electrons. The summed E-state index contributed by atoms with van der Waals surface area (Å²) in [6, 6.07) is 0.360. The third-order valence-electron chi connectivity index (χ3n) is 3.32. The molecular weight excluding hydrogens is 202 g/mol. The molecular formula is C13H29NO2. The molecule has 3 nitrogen and oxygen atoms in total. The fourth-order valence-electron chi connectivity index (χ4n) is 1.81. The molecule has 3 N–H and O–H groups in total. The Morgan fingerprint density at radius 1 is 1.19 bits per heavy atom. The van der Waals surface area contributed by atoms with E-state index in [4.69, 9.17) is 0 Å². The fourth-order valence-corrected chi connectivity index (χ4v) is 1.81. The second-order valence-corrected chi connectivity index (χ2v) is 6.06. The van der Waals surface area contributed by atoms with Crippen molar-refractivity contribution in [2.45, 2.75) is 72.1 Å². The molecule has 0 aliphatic rings. The molecule has 3 heteroatoms. The Morgan fingerprint density at radius 3 is 2.00 bits per heavy atom. The molecule has 0 fully saturated rings. The summed E-state index contributed by atoms with van der Waals surface area (Å²) in [6.45, 7) is 12.6. The van der Waals surface area contributed by atoms with Gasteiger partial charge in [0.15, 0.2) is 0 Å². The molecule has 2 atom stereocenters. The van der Waals surface area contributed by atoms with Gasteiger partial charge in [0.05, 0.1) is 11.7 Å². The highest BCUT2D eigenvalue weighted by Crippen LogP contribution is 2.36. The number of hydrogen-bond acceptors (Lipinski definition) is 3. The third kappa shape index (κ3) is 4.81. The van der Waals surface area contributed by atoms with E-state index < -0.39 is 11.7 Å². The van der Waals surface area contributed by atoms with Crippen LogP contribution in [-0.4, -0.2) is 34.5 Å². The van der Waals surface area contributed by atoms with E-state index in [0.717, 1.165) is 0 Å². The zero-order valence-corrected chi connectivity index (χ0v) is 11.7. The van der Waals surface area contributed by atoms with Crippen LogP contribution in [-0.2, 0) is 0 Å². The quantitative estimate of drug-likeness (QED) is 0.654. The number of hydrogen-bond donors (Lipinski definition) is 3. The third-order valence-corrected chi connectivity index (χ3v) is 3.32. The summed E-state index contributed by atoms with van der Waals surface area (Å²) in [7, 11) is 0. The SMILES string of the molecule is CCC(O)(CC(O)CNC(C)C)C(C)(C)C. The highest BCUT2D eigenvalue weighted by Gasteiger charge is 2.39. The lowest BCUT2D eigenvalue weighted by molar-refractivity contribution is -0.0910. The van der Waals surface area contributed by atoms with E-state index in [2.05, 4.69) is 5.32 Å². The van der Waals surface area contributed by atoms with Gasteiger partial charge in [-0.3, -0.25) is 0 Å². The van der Waals surface area contributed by atoms with Crippen LogP contribution in [0.2, 0.25) is 0 Å². The maximum absolute atomic E-state index is 10.5. The van der Waals surface area contributed by atoms with Crippen molar-refractivity contribution in [3.05, 3.63) is 0 Å². The maximum Gasteiger partial charge on any atom is 0.0718 e. The van der Waals surface area contributed by atoms with Gasteiger partial charge in [-0.05, 0) is 11.8 Å². The summed E-state index contributed by atoms with van der Waals surface area (Å²) in [5.41, 5.74) is -1.01. The molecule has 0 saturated carbocycles. The van der Waals surface area contributed by atoms with Gasteiger partial charge in [0.2, 0.25) is 0 Å². The predicted octanol–water partition coefficient (Wildman–Crippen LogP) is 1.92. The molecule has 0 radical (unpaired) electrons. The minimum absolute atomic E-state index is 0.208. The second-order valence-electron chi connectivity index (χ2n) is 6.06. The number of rotatable bonds is 6. The van der Waals surface area contributed by atoms with Crippen LogP contribution in [0.5, 0.6) is 0 Å². The van der Waals surface area contributed by atoms with Crippen LogP contribution in [0.4, 0.5) is 0 Å². The van der Waals surface area contributed by atoms with Crippen LogP contribution in [0.3, 0.4) is 0 Å². The van der Waals surface area contributed by atoms with Gasteiger partial charge < -0.3 is 15.5 Å². The zero-order valence-electron chi connectivity index (χ0n) is 11.7. The molecule has 0 aromatic rings. The standard InChI is InChI=1S/C13H29NO2/c1-7-13(16,12(4,5)6)8-11(15)9-14-10(2)3/h10-11,14-16H,7-9H2,1-6H3. The highest BCUT2D eigenvalue weighted by atomic mass is 16.3. The molecule has 0 heterocycles. The van der Waals surface area contributed by atoms with Crippen LogP contribution in [0, 0.1) is 5.41 Å². The first kappa shape index (κ1) is 15.9. The van der Waals surface area contributed by atoms with Crippen LogP contribution >= 0.6 is 0 Å². The molecule has 0 saturated heterocycles. The summed E-state index contributed by atoms with van der Waals surface area (Å²) in [5, 5.41) is 23.6. The van der Waals surface area contributed by atoms with E-state index in [1.165, 1.54) is 0 Å². The van der Waals surface area contributed by atoms with Crippen LogP contribution in [0.25, 0.3) is 0 Å². The fraction of sp³-hybridized carbons (Fsp3) is 1.00. The topological polar surface area (TPSA) is 52.5 Å². The van der Waals surface area contributed by atoms with E-state index >= 15 is 0 Å². The van der Waals surface area contributed by atoms with Crippen molar-refractivity contribution >= 4 is 0 Å². The number of aliphatic hydroxyl groups excluding tert-OH is 1. The Bertz CT molecular complexity index is 199. The first-order valence-corrected chi connectivity index (χ1v) is 6.26. The molecule has 2 unspecified atom stereocenters. The van der Waals surface area contributed by atoms with Gasteiger partial charge in [-0.15, -0.1) is 0 Å². The van der Waals surface area contributed by atoms with Gasteiger partial charge in [0, 0.05) is 19.0 Å². The molecule has 0 aromatic heterocycles. The zero-order chi connectivity index (χ0) is 13.0. The summed E-state index contributed by atoms with van der Waals surface area (Å²) in [5.74, 6) is 0. The molecule has 0 aliphatic carbocycles. The second kappa shape index (κ2) is 5.99. The Labute approximate surface area is 100 Å². The minimum Gasteiger partial charge on any atom is -0.392 e. The van der Waals surface area contributed by atoms with Crippen molar-refractivity contribution in [1.82, 2.24) is 5.32 Å². The van der Waals surface area contributed by atoms with E-state index in [9.17, 15) is 10.2 Å². The Morgan fingerprint density at radius 2 is 1.69 bits per heavy atom. The van der Waals surface area contributed by atoms with Gasteiger partial charge in [-0.1, -0.05) is 41.5 Å². The Hall–Kier alpha value is -0.120. The van der Waals surface area contributed by atoms with Crippen LogP contribution in [0.1, 0.15) is 54.4 Å². The lowest BCUT2D eigenvalue weighted by Crippen LogP contribution is -2.47. The average Bonchev–Trinajstić information content (AvgIpc) is 2.12. The summed E-state index contributed by atoms with van der Waals surface area (Å²) in [4.78, 5) is 0. The number of aliphatic hydroxyl groups is 2. The van der Waals surface area contributed by atoms with Crippen molar-refractivity contribution in [3.8, 4) is 0 Å². The van der Waals surface area contributed by atoms with Crippen molar-refractivity contribution in [2.75, 3.05) is 6.54 Å². The predicted molar refractivity (Wildman–Crippen MR) is 68.5 cm³/mol. The van der Waals surface area contributed by atoms with E-state index in [0.29, 0.717) is 25.4 Å². The van der Waals surface area contributed by atoms with Crippen molar-refractivity contribution in [2.24, 2.45) is 5.41 Å². The van der Waals surface area contributed by atoms with E-state index in [-0.39, 0.29) is 5.41 Å². The van der Waals surface area contributed by atoms with Gasteiger partial charge in [0.1, 0.15) is 0 Å². The molecule has 0 rings (SSSR count).